The molecule has 10 heteroatoms. The number of Topliss-reactive ketones (excluding diaryl/α,β-unsaturated/α-hetero) is 1. The Bertz CT molecular complexity index is 1260. The summed E-state index contributed by atoms with van der Waals surface area (Å²) in [5, 5.41) is 3.36. The van der Waals surface area contributed by atoms with Gasteiger partial charge in [-0.05, 0) is 18.9 Å². The van der Waals surface area contributed by atoms with Gasteiger partial charge in [0.15, 0.2) is 5.78 Å². The molecular weight excluding hydrogens is 432 g/mol. The third kappa shape index (κ3) is 3.71. The Hall–Kier alpha value is -3.82. The van der Waals surface area contributed by atoms with Gasteiger partial charge >= 0.3 is 6.03 Å². The topological polar surface area (TPSA) is 105 Å². The van der Waals surface area contributed by atoms with Crippen molar-refractivity contribution in [2.75, 3.05) is 6.54 Å². The third-order valence-corrected chi connectivity index (χ3v) is 6.30. The number of urea groups is 1. The van der Waals surface area contributed by atoms with Gasteiger partial charge in [-0.3, -0.25) is 19.5 Å². The number of imide groups is 1. The summed E-state index contributed by atoms with van der Waals surface area (Å²) in [6.07, 6.45) is 3.47. The summed E-state index contributed by atoms with van der Waals surface area (Å²) in [4.78, 5) is 51.4. The molecule has 1 spiro atoms. The van der Waals surface area contributed by atoms with E-state index in [9.17, 15) is 23.2 Å². The number of halogens is 2. The molecule has 2 aliphatic rings. The van der Waals surface area contributed by atoms with E-state index in [1.165, 1.54) is 6.33 Å². The first kappa shape index (κ1) is 21.0. The number of nitrogens with zero attached hydrogens (tertiary/aromatic N) is 4. The van der Waals surface area contributed by atoms with Gasteiger partial charge in [0.2, 0.25) is 5.92 Å². The lowest BCUT2D eigenvalue weighted by Crippen LogP contribution is -2.51. The number of amides is 3. The second-order valence-electron chi connectivity index (χ2n) is 8.38. The lowest BCUT2D eigenvalue weighted by Gasteiger charge is -2.34. The van der Waals surface area contributed by atoms with Crippen LogP contribution in [0.15, 0.2) is 49.1 Å². The minimum Gasteiger partial charge on any atom is -0.323 e. The highest BCUT2D eigenvalue weighted by molar-refractivity contribution is 6.11. The summed E-state index contributed by atoms with van der Waals surface area (Å²) in [5.74, 6) is -3.89. The molecule has 0 unspecified atom stereocenters. The Balaban J connectivity index is 1.32. The van der Waals surface area contributed by atoms with Gasteiger partial charge < -0.3 is 5.32 Å². The van der Waals surface area contributed by atoms with Gasteiger partial charge in [-0.25, -0.2) is 23.5 Å². The largest absolute Gasteiger partial charge is 0.325 e. The number of hydrogen-bond donors (Lipinski definition) is 1. The molecule has 1 aromatic carbocycles. The van der Waals surface area contributed by atoms with Crippen molar-refractivity contribution in [1.82, 2.24) is 25.2 Å². The van der Waals surface area contributed by atoms with E-state index in [2.05, 4.69) is 20.3 Å². The molecule has 3 aromatic rings. The van der Waals surface area contributed by atoms with Crippen molar-refractivity contribution in [3.05, 3.63) is 54.6 Å². The number of carbonyl (C=O) groups is 3. The third-order valence-electron chi connectivity index (χ3n) is 6.30. The molecule has 1 saturated heterocycles. The van der Waals surface area contributed by atoms with E-state index in [0.717, 1.165) is 15.8 Å². The average molecular weight is 451 g/mol. The molecule has 8 nitrogen and oxygen atoms in total. The van der Waals surface area contributed by atoms with Gasteiger partial charge in [0.05, 0.1) is 24.0 Å². The highest BCUT2D eigenvalue weighted by Crippen LogP contribution is 2.41. The molecule has 1 aliphatic carbocycles. The number of rotatable bonds is 4. The van der Waals surface area contributed by atoms with Crippen LogP contribution < -0.4 is 5.32 Å². The first-order valence-electron chi connectivity index (χ1n) is 10.5. The Labute approximate surface area is 187 Å². The maximum Gasteiger partial charge on any atom is 0.325 e. The fourth-order valence-corrected chi connectivity index (χ4v) is 4.39. The van der Waals surface area contributed by atoms with Crippen LogP contribution in [0.5, 0.6) is 0 Å². The molecule has 2 aromatic heterocycles. The summed E-state index contributed by atoms with van der Waals surface area (Å²) in [6.45, 7) is -0.454. The van der Waals surface area contributed by atoms with Gasteiger partial charge in [0.25, 0.3) is 5.91 Å². The van der Waals surface area contributed by atoms with Crippen molar-refractivity contribution in [2.45, 2.75) is 37.1 Å². The highest BCUT2D eigenvalue weighted by Gasteiger charge is 2.55. The Morgan fingerprint density at radius 3 is 2.48 bits per heavy atom. The Morgan fingerprint density at radius 2 is 1.76 bits per heavy atom. The smallest absolute Gasteiger partial charge is 0.323 e. The predicted molar refractivity (Wildman–Crippen MR) is 113 cm³/mol. The van der Waals surface area contributed by atoms with Crippen LogP contribution in [0.3, 0.4) is 0 Å². The van der Waals surface area contributed by atoms with Crippen molar-refractivity contribution in [2.24, 2.45) is 0 Å². The van der Waals surface area contributed by atoms with E-state index in [0.29, 0.717) is 16.8 Å². The van der Waals surface area contributed by atoms with Crippen molar-refractivity contribution in [3.63, 3.8) is 0 Å². The molecule has 3 heterocycles. The number of nitrogens with one attached hydrogen (secondary N) is 1. The zero-order valence-corrected chi connectivity index (χ0v) is 17.4. The molecule has 33 heavy (non-hydrogen) atoms. The van der Waals surface area contributed by atoms with E-state index in [1.54, 1.807) is 42.7 Å². The minimum absolute atomic E-state index is 0.146. The van der Waals surface area contributed by atoms with Crippen LogP contribution in [0.1, 0.15) is 36.0 Å². The second kappa shape index (κ2) is 7.65. The lowest BCUT2D eigenvalue weighted by molar-refractivity contribution is -0.135. The number of fused-ring (bicyclic) bond motifs is 1. The van der Waals surface area contributed by atoms with Crippen LogP contribution in [0, 0.1) is 0 Å². The van der Waals surface area contributed by atoms with Crippen molar-refractivity contribution in [1.29, 1.82) is 0 Å². The maximum atomic E-state index is 13.5. The summed E-state index contributed by atoms with van der Waals surface area (Å²) < 4.78 is 27.1. The number of benzene rings is 1. The fourth-order valence-electron chi connectivity index (χ4n) is 4.39. The first-order valence-corrected chi connectivity index (χ1v) is 10.5. The fraction of sp³-hybridized carbons (Fsp3) is 0.304. The molecule has 0 bridgehead atoms. The number of aromatic nitrogens is 3. The molecule has 0 atom stereocenters. The normalized spacial score (nSPS) is 19.2. The van der Waals surface area contributed by atoms with E-state index in [1.807, 2.05) is 0 Å². The predicted octanol–water partition coefficient (Wildman–Crippen LogP) is 3.37. The molecule has 5 rings (SSSR count). The molecule has 0 radical (unpaired) electrons. The number of ketones is 1. The Kier molecular flexibility index (Phi) is 4.88. The van der Waals surface area contributed by atoms with Crippen LogP contribution in [-0.2, 0) is 4.79 Å². The summed E-state index contributed by atoms with van der Waals surface area (Å²) in [7, 11) is 0. The maximum absolute atomic E-state index is 13.5. The zero-order chi connectivity index (χ0) is 23.2. The summed E-state index contributed by atoms with van der Waals surface area (Å²) in [5.41, 5.74) is 1.12. The van der Waals surface area contributed by atoms with Gasteiger partial charge in [0.1, 0.15) is 11.9 Å². The molecule has 3 amide bonds. The SMILES string of the molecule is O=C(CN1C(=O)NC2(CCC(F)(F)CC2)C1=O)c1ccc(-c2ncnc3cnccc23)cc1. The quantitative estimate of drug-likeness (QED) is 0.482. The van der Waals surface area contributed by atoms with Crippen molar-refractivity contribution < 1.29 is 23.2 Å². The van der Waals surface area contributed by atoms with E-state index in [-0.39, 0.29) is 12.8 Å². The van der Waals surface area contributed by atoms with Gasteiger partial charge in [-0.15, -0.1) is 0 Å². The number of hydrogen-bond acceptors (Lipinski definition) is 6. The zero-order valence-electron chi connectivity index (χ0n) is 17.4. The van der Waals surface area contributed by atoms with Crippen LogP contribution >= 0.6 is 0 Å². The number of alkyl halides is 2. The molecule has 1 aliphatic heterocycles. The van der Waals surface area contributed by atoms with Crippen LogP contribution in [0.2, 0.25) is 0 Å². The monoisotopic (exact) mass is 451 g/mol. The van der Waals surface area contributed by atoms with Crippen molar-refractivity contribution >= 4 is 28.6 Å². The van der Waals surface area contributed by atoms with Crippen LogP contribution in [-0.4, -0.2) is 55.6 Å². The lowest BCUT2D eigenvalue weighted by atomic mass is 9.80. The molecular formula is C23H19F2N5O3. The highest BCUT2D eigenvalue weighted by atomic mass is 19.3. The molecule has 168 valence electrons. The number of pyridine rings is 1. The summed E-state index contributed by atoms with van der Waals surface area (Å²) >= 11 is 0. The van der Waals surface area contributed by atoms with E-state index < -0.39 is 48.6 Å². The standard InChI is InChI=1S/C23H19F2N5O3/c24-23(25)8-6-22(7-9-23)20(32)30(21(33)29-22)12-18(31)14-1-3-15(4-2-14)19-16-5-10-26-11-17(16)27-13-28-19/h1-5,10-11,13H,6-9,12H2,(H,29,33). The minimum atomic E-state index is -2.84. The molecule has 1 N–H and O–H groups in total. The van der Waals surface area contributed by atoms with E-state index >= 15 is 0 Å². The van der Waals surface area contributed by atoms with Gasteiger partial charge in [-0.2, -0.15) is 0 Å². The second-order valence-corrected chi connectivity index (χ2v) is 8.38. The van der Waals surface area contributed by atoms with Crippen LogP contribution in [0.25, 0.3) is 22.2 Å². The number of carbonyl (C=O) groups excluding carboxylic acids is 3. The molecule has 2 fully saturated rings. The first-order chi connectivity index (χ1) is 15.8. The van der Waals surface area contributed by atoms with Crippen LogP contribution in [0.4, 0.5) is 13.6 Å². The van der Waals surface area contributed by atoms with Gasteiger partial charge in [0, 0.05) is 35.6 Å². The van der Waals surface area contributed by atoms with E-state index in [4.69, 9.17) is 0 Å². The van der Waals surface area contributed by atoms with Crippen molar-refractivity contribution in [3.8, 4) is 11.3 Å². The van der Waals surface area contributed by atoms with Gasteiger partial charge in [-0.1, -0.05) is 24.3 Å². The molecule has 1 saturated carbocycles. The average Bonchev–Trinajstić information content (AvgIpc) is 3.05. The summed E-state index contributed by atoms with van der Waals surface area (Å²) in [6, 6.07) is 7.73. The Morgan fingerprint density at radius 1 is 1.03 bits per heavy atom.